The zero-order valence-corrected chi connectivity index (χ0v) is 67.5. The van der Waals surface area contributed by atoms with Gasteiger partial charge in [0, 0.05) is 59.9 Å². The van der Waals surface area contributed by atoms with Gasteiger partial charge in [-0.25, -0.2) is 0 Å². The van der Waals surface area contributed by atoms with Gasteiger partial charge in [0.1, 0.15) is 18.1 Å². The van der Waals surface area contributed by atoms with Crippen LogP contribution in [0.4, 0.5) is 45.5 Å². The van der Waals surface area contributed by atoms with Gasteiger partial charge in [-0.2, -0.15) is 20.5 Å². The zero-order chi connectivity index (χ0) is 87.7. The predicted octanol–water partition coefficient (Wildman–Crippen LogP) is 5.71. The number of carbonyl (C=O) groups excluding carboxylic acids is 7. The Labute approximate surface area is 698 Å². The second-order valence-electron chi connectivity index (χ2n) is 26.2. The smallest absolute Gasteiger partial charge is 0.320 e. The quantitative estimate of drug-likeness (QED) is 0.0109. The maximum atomic E-state index is 13.6. The summed E-state index contributed by atoms with van der Waals surface area (Å²) in [6.07, 6.45) is -0.798. The van der Waals surface area contributed by atoms with E-state index >= 15 is 0 Å². The van der Waals surface area contributed by atoms with E-state index in [1.165, 1.54) is 0 Å². The van der Waals surface area contributed by atoms with Crippen LogP contribution in [0.25, 0.3) is 10.4 Å². The summed E-state index contributed by atoms with van der Waals surface area (Å²) in [4.78, 5) is 139. The summed E-state index contributed by atoms with van der Waals surface area (Å²) in [5.41, 5.74) is 22.5. The number of carbonyl (C=O) groups is 11. The molecule has 0 aliphatic carbocycles. The number of ether oxygens (including phenoxy) is 12. The second-order valence-corrected chi connectivity index (χ2v) is 26.2. The largest absolute Gasteiger partial charge is 0.481 e. The number of nitrogens with two attached hydrogens (primary N) is 2. The molecule has 4 aromatic rings. The van der Waals surface area contributed by atoms with Crippen LogP contribution in [-0.2, 0) is 110 Å². The van der Waals surface area contributed by atoms with Crippen LogP contribution in [0.3, 0.4) is 0 Å². The fourth-order valence-corrected chi connectivity index (χ4v) is 10.3. The molecule has 4 rings (SSSR count). The summed E-state index contributed by atoms with van der Waals surface area (Å²) in [7, 11) is 0. The lowest BCUT2D eigenvalue weighted by Crippen LogP contribution is -2.49. The molecule has 121 heavy (non-hydrogen) atoms. The van der Waals surface area contributed by atoms with Crippen molar-refractivity contribution in [3.8, 4) is 0 Å². The number of nitrogens with one attached hydrogen (secondary N) is 7. The average Bonchev–Trinajstić information content (AvgIpc) is 0.886. The van der Waals surface area contributed by atoms with E-state index in [-0.39, 0.29) is 109 Å². The molecule has 666 valence electrons. The predicted molar refractivity (Wildman–Crippen MR) is 435 cm³/mol. The molecule has 43 nitrogen and oxygen atoms in total. The molecule has 0 aromatic heterocycles. The Balaban J connectivity index is 1.12. The number of aliphatic carboxylic acids is 4. The van der Waals surface area contributed by atoms with E-state index in [1.807, 2.05) is 0 Å². The molecule has 7 amide bonds. The van der Waals surface area contributed by atoms with Gasteiger partial charge in [0.2, 0.25) is 41.4 Å². The monoisotopic (exact) mass is 1700 g/mol. The van der Waals surface area contributed by atoms with Crippen LogP contribution in [0.15, 0.2) is 123 Å². The number of hydrogen-bond acceptors (Lipinski definition) is 30. The zero-order valence-electron chi connectivity index (χ0n) is 67.5. The van der Waals surface area contributed by atoms with E-state index in [4.69, 9.17) is 84.1 Å². The van der Waals surface area contributed by atoms with Crippen LogP contribution < -0.4 is 48.7 Å². The van der Waals surface area contributed by atoms with Gasteiger partial charge in [-0.1, -0.05) is 5.11 Å². The Morgan fingerprint density at radius 3 is 0.901 bits per heavy atom. The maximum Gasteiger partial charge on any atom is 0.320 e. The molecule has 0 saturated carbocycles. The highest BCUT2D eigenvalue weighted by Crippen LogP contribution is 2.25. The molecule has 0 fully saturated rings. The van der Waals surface area contributed by atoms with E-state index in [2.05, 4.69) is 67.7 Å². The standard InChI is InChI=1S/C78H112N16O27/c79-65(77(106)107)51-55(75(102)103)3-1-5-69(96)85-57-7-15-61(16-8-57)90-92-63-19-11-59(12-20-63)87-72(99)53-82-68(95)24-23-67(74(101)83-54-73(100)88-60-13-21-64(22-14-60)93-91-62-17-9-58(10-18-62)86-70(97)6-2-4-56(76(104)105)52-66(80)78(108)109)89-71(98)25-27-110-29-31-112-33-35-114-37-39-116-41-43-118-45-47-120-49-50-121-48-46-119-44-42-117-40-38-115-36-34-113-32-30-111-28-26-84-94-81/h7-22,55-56,65-67H,1-6,23-54,79-80H2,(H,82,95)(H,83,101)(H,85,96)(H,86,97)(H,87,99)(H,88,100)(H,89,98)(H,102,103)(H,104,105)(H,106,107)(H,108,109)/t55-,56-,65-,66-,67+/m0/s1. The summed E-state index contributed by atoms with van der Waals surface area (Å²) in [5, 5.41) is 75.4. The van der Waals surface area contributed by atoms with Gasteiger partial charge < -0.3 is 126 Å². The third-order valence-electron chi connectivity index (χ3n) is 16.6. The van der Waals surface area contributed by atoms with Crippen molar-refractivity contribution in [2.45, 2.75) is 88.8 Å². The van der Waals surface area contributed by atoms with Crippen LogP contribution in [0.1, 0.15) is 70.6 Å². The number of hydrogen-bond donors (Lipinski definition) is 13. The highest BCUT2D eigenvalue weighted by molar-refractivity contribution is 5.97. The maximum absolute atomic E-state index is 13.6. The first kappa shape index (κ1) is 102. The highest BCUT2D eigenvalue weighted by Gasteiger charge is 2.27. The third kappa shape index (κ3) is 51.9. The average molecular weight is 1710 g/mol. The van der Waals surface area contributed by atoms with Crippen molar-refractivity contribution in [2.75, 3.05) is 199 Å². The molecule has 15 N–H and O–H groups in total. The first-order chi connectivity index (χ1) is 58.6. The number of azo groups is 2. The lowest BCUT2D eigenvalue weighted by molar-refractivity contribution is -0.145. The van der Waals surface area contributed by atoms with Gasteiger partial charge in [0.25, 0.3) is 0 Å². The lowest BCUT2D eigenvalue weighted by atomic mass is 9.94. The Hall–Kier alpha value is -11.0. The number of benzene rings is 4. The Kier molecular flexibility index (Phi) is 54.9. The van der Waals surface area contributed by atoms with Gasteiger partial charge in [-0.05, 0) is 148 Å². The molecule has 0 radical (unpaired) electrons. The molecule has 0 aliphatic heterocycles. The van der Waals surface area contributed by atoms with E-state index < -0.39 is 96.5 Å². The number of nitrogens with zero attached hydrogens (tertiary/aromatic N) is 7. The van der Waals surface area contributed by atoms with E-state index in [0.29, 0.717) is 184 Å². The molecule has 0 unspecified atom stereocenters. The van der Waals surface area contributed by atoms with Crippen molar-refractivity contribution in [1.29, 1.82) is 0 Å². The van der Waals surface area contributed by atoms with Gasteiger partial charge in [-0.15, -0.1) is 0 Å². The highest BCUT2D eigenvalue weighted by atomic mass is 16.6. The molecule has 0 heterocycles. The van der Waals surface area contributed by atoms with Gasteiger partial charge in [0.05, 0.1) is 206 Å². The van der Waals surface area contributed by atoms with Crippen molar-refractivity contribution >= 4 is 111 Å². The fourth-order valence-electron chi connectivity index (χ4n) is 10.3. The second kappa shape index (κ2) is 64.9. The van der Waals surface area contributed by atoms with Gasteiger partial charge >= 0.3 is 23.9 Å². The number of amides is 7. The summed E-state index contributed by atoms with van der Waals surface area (Å²) in [6, 6.07) is 21.3. The number of carboxylic acids is 4. The van der Waals surface area contributed by atoms with E-state index in [0.717, 1.165) is 0 Å². The third-order valence-corrected chi connectivity index (χ3v) is 16.6. The van der Waals surface area contributed by atoms with Crippen LogP contribution >= 0.6 is 0 Å². The summed E-state index contributed by atoms with van der Waals surface area (Å²) >= 11 is 0. The SMILES string of the molecule is [N-]=[N+]=NCCOCCOCCOCCOCCOCCOCCOCCOCCOCCOCCOCCOCCC(=O)N[C@H](CCC(=O)NCC(=O)Nc1ccc(N=Nc2ccc(NC(=O)CCC[C@@H](C[C@H](N)C(=O)O)C(=O)O)cc2)cc1)C(=O)NCC(=O)Nc1ccc(N=Nc2ccc(NC(=O)CCC[C@@H](C[C@H](N)C(=O)O)C(=O)O)cc2)cc1. The summed E-state index contributed by atoms with van der Waals surface area (Å²) < 4.78 is 65.8. The van der Waals surface area contributed by atoms with Crippen molar-refractivity contribution in [1.82, 2.24) is 16.0 Å². The fraction of sp³-hybridized carbons (Fsp3) is 0.551. The molecule has 0 aliphatic rings. The number of rotatable bonds is 72. The summed E-state index contributed by atoms with van der Waals surface area (Å²) in [5.74, 6) is -11.1. The molecular formula is C78H112N16O27. The molecule has 5 atom stereocenters. The first-order valence-electron chi connectivity index (χ1n) is 39.2. The van der Waals surface area contributed by atoms with Gasteiger partial charge in [0.15, 0.2) is 0 Å². The van der Waals surface area contributed by atoms with Crippen LogP contribution in [0, 0.1) is 11.8 Å². The Morgan fingerprint density at radius 2 is 0.612 bits per heavy atom. The number of azide groups is 1. The minimum atomic E-state index is -1.34. The van der Waals surface area contributed by atoms with E-state index in [1.54, 1.807) is 97.1 Å². The number of anilines is 4. The number of carboxylic acid groups (broad SMARTS) is 4. The Bertz CT molecular complexity index is 3810. The van der Waals surface area contributed by atoms with Crippen molar-refractivity contribution in [3.05, 3.63) is 108 Å². The minimum absolute atomic E-state index is 0.00745. The lowest BCUT2D eigenvalue weighted by Gasteiger charge is -2.18. The van der Waals surface area contributed by atoms with Crippen LogP contribution in [-0.4, -0.2) is 282 Å². The Morgan fingerprint density at radius 1 is 0.331 bits per heavy atom. The molecule has 0 bridgehead atoms. The molecule has 0 saturated heterocycles. The van der Waals surface area contributed by atoms with E-state index in [9.17, 15) is 63.0 Å². The van der Waals surface area contributed by atoms with Crippen molar-refractivity contribution in [3.63, 3.8) is 0 Å². The molecule has 4 aromatic carbocycles. The van der Waals surface area contributed by atoms with Crippen molar-refractivity contribution < 1.29 is 130 Å². The molecule has 43 heteroatoms. The normalized spacial score (nSPS) is 12.5. The summed E-state index contributed by atoms with van der Waals surface area (Å²) in [6.45, 7) is 7.88. The minimum Gasteiger partial charge on any atom is -0.481 e. The topological polar surface area (TPSA) is 614 Å². The van der Waals surface area contributed by atoms with Gasteiger partial charge in [-0.3, -0.25) is 52.7 Å². The first-order valence-corrected chi connectivity index (χ1v) is 39.2. The van der Waals surface area contributed by atoms with Crippen molar-refractivity contribution in [2.24, 2.45) is 48.9 Å². The van der Waals surface area contributed by atoms with Crippen LogP contribution in [0.5, 0.6) is 0 Å². The molecule has 0 spiro atoms. The molecular weight excluding hydrogens is 1590 g/mol. The van der Waals surface area contributed by atoms with Crippen LogP contribution in [0.2, 0.25) is 0 Å².